The van der Waals surface area contributed by atoms with Gasteiger partial charge < -0.3 is 5.32 Å². The van der Waals surface area contributed by atoms with Gasteiger partial charge in [-0.2, -0.15) is 12.6 Å². The monoisotopic (exact) mass is 187 g/mol. The smallest absolute Gasteiger partial charge is 0.0148 e. The fourth-order valence-corrected chi connectivity index (χ4v) is 1.18. The minimum atomic E-state index is 0.0175. The van der Waals surface area contributed by atoms with Crippen LogP contribution in [0.1, 0.15) is 27.7 Å². The average molecular weight is 187 g/mol. The first-order valence-electron chi connectivity index (χ1n) is 4.46. The highest BCUT2D eigenvalue weighted by Crippen LogP contribution is 2.24. The predicted molar refractivity (Wildman–Crippen MR) is 59.9 cm³/mol. The van der Waals surface area contributed by atoms with Crippen molar-refractivity contribution in [2.24, 2.45) is 5.92 Å². The lowest BCUT2D eigenvalue weighted by atomic mass is 9.94. The van der Waals surface area contributed by atoms with Gasteiger partial charge in [-0.1, -0.05) is 33.8 Å². The highest BCUT2D eigenvalue weighted by molar-refractivity contribution is 7.81. The van der Waals surface area contributed by atoms with E-state index in [0.717, 1.165) is 6.54 Å². The first-order valence-corrected chi connectivity index (χ1v) is 4.91. The minimum absolute atomic E-state index is 0.0175. The molecule has 1 unspecified atom stereocenters. The summed E-state index contributed by atoms with van der Waals surface area (Å²) in [6.07, 6.45) is 1.97. The van der Waals surface area contributed by atoms with Crippen molar-refractivity contribution in [1.82, 2.24) is 5.32 Å². The van der Waals surface area contributed by atoms with E-state index in [1.54, 1.807) is 0 Å². The number of nitrogens with one attached hydrogen (secondary N) is 1. The van der Waals surface area contributed by atoms with Crippen LogP contribution in [0.15, 0.2) is 12.7 Å². The fourth-order valence-electron chi connectivity index (χ4n) is 0.984. The van der Waals surface area contributed by atoms with E-state index in [2.05, 4.69) is 52.2 Å². The van der Waals surface area contributed by atoms with E-state index in [1.807, 2.05) is 6.08 Å². The lowest BCUT2D eigenvalue weighted by Gasteiger charge is -2.28. The summed E-state index contributed by atoms with van der Waals surface area (Å²) in [5, 5.41) is 3.38. The molecule has 0 aliphatic heterocycles. The third-order valence-electron chi connectivity index (χ3n) is 1.94. The van der Waals surface area contributed by atoms with E-state index in [-0.39, 0.29) is 4.75 Å². The first-order chi connectivity index (χ1) is 5.38. The zero-order chi connectivity index (χ0) is 9.78. The summed E-state index contributed by atoms with van der Waals surface area (Å²) in [6, 6.07) is 0.531. The van der Waals surface area contributed by atoms with Crippen LogP contribution in [-0.2, 0) is 0 Å². The Balaban J connectivity index is 3.93. The highest BCUT2D eigenvalue weighted by Gasteiger charge is 2.22. The molecule has 1 N–H and O–H groups in total. The van der Waals surface area contributed by atoms with Gasteiger partial charge in [-0.15, -0.1) is 6.58 Å². The van der Waals surface area contributed by atoms with Gasteiger partial charge in [-0.05, 0) is 0 Å². The van der Waals surface area contributed by atoms with Crippen LogP contribution in [-0.4, -0.2) is 17.3 Å². The third kappa shape index (κ3) is 4.83. The van der Waals surface area contributed by atoms with Gasteiger partial charge in [0.1, 0.15) is 0 Å². The summed E-state index contributed by atoms with van der Waals surface area (Å²) in [5.41, 5.74) is 0. The number of rotatable bonds is 5. The van der Waals surface area contributed by atoms with Gasteiger partial charge in [0.05, 0.1) is 0 Å². The normalized spacial score (nSPS) is 14.8. The molecule has 0 aromatic carbocycles. The molecule has 72 valence electrons. The second kappa shape index (κ2) is 4.93. The Morgan fingerprint density at radius 3 is 2.25 bits per heavy atom. The Bertz CT molecular complexity index is 135. The molecule has 0 aliphatic rings. The molecule has 2 heteroatoms. The molecule has 1 nitrogen and oxygen atoms in total. The summed E-state index contributed by atoms with van der Waals surface area (Å²) < 4.78 is 0.0175. The molecule has 0 aromatic rings. The van der Waals surface area contributed by atoms with E-state index < -0.39 is 0 Å². The summed E-state index contributed by atoms with van der Waals surface area (Å²) in [5.74, 6) is 0.420. The minimum Gasteiger partial charge on any atom is -0.314 e. The van der Waals surface area contributed by atoms with Crippen molar-refractivity contribution in [1.29, 1.82) is 0 Å². The van der Waals surface area contributed by atoms with Crippen LogP contribution in [0.3, 0.4) is 0 Å². The molecule has 1 atom stereocenters. The van der Waals surface area contributed by atoms with Crippen molar-refractivity contribution in [3.05, 3.63) is 12.7 Å². The van der Waals surface area contributed by atoms with Crippen molar-refractivity contribution in [3.63, 3.8) is 0 Å². The zero-order valence-corrected chi connectivity index (χ0v) is 9.49. The molecule has 0 amide bonds. The van der Waals surface area contributed by atoms with Crippen molar-refractivity contribution >= 4 is 12.6 Å². The van der Waals surface area contributed by atoms with Crippen LogP contribution < -0.4 is 5.32 Å². The van der Waals surface area contributed by atoms with Crippen LogP contribution in [0.4, 0.5) is 0 Å². The lowest BCUT2D eigenvalue weighted by Crippen LogP contribution is -2.36. The quantitative estimate of drug-likeness (QED) is 0.498. The van der Waals surface area contributed by atoms with Crippen LogP contribution >= 0.6 is 12.6 Å². The maximum absolute atomic E-state index is 4.52. The van der Waals surface area contributed by atoms with E-state index >= 15 is 0 Å². The SMILES string of the molecule is C=CC(CNC(C)C)C(C)(C)S. The summed E-state index contributed by atoms with van der Waals surface area (Å²) >= 11 is 4.52. The van der Waals surface area contributed by atoms with Crippen LogP contribution in [0, 0.1) is 5.92 Å². The van der Waals surface area contributed by atoms with E-state index in [0.29, 0.717) is 12.0 Å². The molecule has 0 heterocycles. The molecule has 0 fully saturated rings. The molecule has 0 bridgehead atoms. The number of hydrogen-bond acceptors (Lipinski definition) is 2. The molecule has 0 saturated carbocycles. The van der Waals surface area contributed by atoms with Gasteiger partial charge in [0, 0.05) is 23.3 Å². The standard InChI is InChI=1S/C10H21NS/c1-6-9(10(4,5)12)7-11-8(2)3/h6,8-9,11-12H,1,7H2,2-5H3. The largest absolute Gasteiger partial charge is 0.314 e. The Labute approximate surface area is 82.0 Å². The van der Waals surface area contributed by atoms with Crippen LogP contribution in [0.25, 0.3) is 0 Å². The van der Waals surface area contributed by atoms with Gasteiger partial charge in [-0.25, -0.2) is 0 Å². The Morgan fingerprint density at radius 2 is 2.00 bits per heavy atom. The summed E-state index contributed by atoms with van der Waals surface area (Å²) in [6.45, 7) is 13.3. The lowest BCUT2D eigenvalue weighted by molar-refractivity contribution is 0.448. The summed E-state index contributed by atoms with van der Waals surface area (Å²) in [4.78, 5) is 0. The molecule has 0 rings (SSSR count). The van der Waals surface area contributed by atoms with Gasteiger partial charge >= 0.3 is 0 Å². The van der Waals surface area contributed by atoms with E-state index in [9.17, 15) is 0 Å². The van der Waals surface area contributed by atoms with Gasteiger partial charge in [0.2, 0.25) is 0 Å². The molecular formula is C10H21NS. The average Bonchev–Trinajstić information content (AvgIpc) is 1.85. The van der Waals surface area contributed by atoms with E-state index in [1.165, 1.54) is 0 Å². The zero-order valence-electron chi connectivity index (χ0n) is 8.59. The van der Waals surface area contributed by atoms with Gasteiger partial charge in [0.15, 0.2) is 0 Å². The topological polar surface area (TPSA) is 12.0 Å². The maximum atomic E-state index is 4.52. The number of hydrogen-bond donors (Lipinski definition) is 2. The molecular weight excluding hydrogens is 166 g/mol. The van der Waals surface area contributed by atoms with Crippen molar-refractivity contribution < 1.29 is 0 Å². The van der Waals surface area contributed by atoms with Crippen molar-refractivity contribution in [2.45, 2.75) is 38.5 Å². The predicted octanol–water partition coefficient (Wildman–Crippen LogP) is 2.50. The Hall–Kier alpha value is 0.0500. The van der Waals surface area contributed by atoms with Crippen LogP contribution in [0.2, 0.25) is 0 Å². The second-order valence-corrected chi connectivity index (χ2v) is 5.21. The molecule has 0 radical (unpaired) electrons. The molecule has 0 spiro atoms. The highest BCUT2D eigenvalue weighted by atomic mass is 32.1. The van der Waals surface area contributed by atoms with Crippen LogP contribution in [0.5, 0.6) is 0 Å². The first kappa shape index (κ1) is 12.0. The molecule has 0 aliphatic carbocycles. The Morgan fingerprint density at radius 1 is 1.50 bits per heavy atom. The molecule has 0 aromatic heterocycles. The van der Waals surface area contributed by atoms with E-state index in [4.69, 9.17) is 0 Å². The Kier molecular flexibility index (Phi) is 4.95. The molecule has 0 saturated heterocycles. The van der Waals surface area contributed by atoms with Gasteiger partial charge in [-0.3, -0.25) is 0 Å². The van der Waals surface area contributed by atoms with Crippen molar-refractivity contribution in [2.75, 3.05) is 6.54 Å². The van der Waals surface area contributed by atoms with Crippen molar-refractivity contribution in [3.8, 4) is 0 Å². The molecule has 12 heavy (non-hydrogen) atoms. The maximum Gasteiger partial charge on any atom is 0.0148 e. The van der Waals surface area contributed by atoms with Gasteiger partial charge in [0.25, 0.3) is 0 Å². The third-order valence-corrected chi connectivity index (χ3v) is 2.27. The fraction of sp³-hybridized carbons (Fsp3) is 0.800. The second-order valence-electron chi connectivity index (χ2n) is 4.06. The number of thiol groups is 1. The summed E-state index contributed by atoms with van der Waals surface area (Å²) in [7, 11) is 0.